The maximum absolute atomic E-state index is 14.3. The maximum atomic E-state index is 14.3. The van der Waals surface area contributed by atoms with E-state index in [4.69, 9.17) is 23.2 Å². The van der Waals surface area contributed by atoms with E-state index in [2.05, 4.69) is 32.3 Å². The third-order valence-electron chi connectivity index (χ3n) is 6.17. The quantitative estimate of drug-likeness (QED) is 0.414. The standard InChI is InChI=1S/C26H22Cl2FN5O/c1-33-25(35)13-23(20-8-9-30-14-22(20)29)32-26(33)34-11-10-31-24(15-34)17-4-2-16(3-5-17)19-7-6-18(27)12-21(19)28/h2-9,12-14,24,31H,10-11,15H2,1H3/t24-/m1/s1. The Morgan fingerprint density at radius 3 is 2.60 bits per heavy atom. The number of rotatable bonds is 4. The second kappa shape index (κ2) is 9.77. The van der Waals surface area contributed by atoms with Gasteiger partial charge in [0.15, 0.2) is 5.82 Å². The van der Waals surface area contributed by atoms with Crippen LogP contribution in [0, 0.1) is 5.82 Å². The summed E-state index contributed by atoms with van der Waals surface area (Å²) in [7, 11) is 1.68. The monoisotopic (exact) mass is 509 g/mol. The normalized spacial score (nSPS) is 15.9. The van der Waals surface area contributed by atoms with Crippen LogP contribution in [0.1, 0.15) is 11.6 Å². The molecule has 0 unspecified atom stereocenters. The molecule has 9 heteroatoms. The van der Waals surface area contributed by atoms with Gasteiger partial charge in [-0.25, -0.2) is 9.37 Å². The third kappa shape index (κ3) is 4.80. The molecule has 6 nitrogen and oxygen atoms in total. The average molecular weight is 510 g/mol. The molecule has 5 rings (SSSR count). The van der Waals surface area contributed by atoms with Crippen LogP contribution >= 0.6 is 23.2 Å². The summed E-state index contributed by atoms with van der Waals surface area (Å²) in [6, 6.07) is 16.6. The van der Waals surface area contributed by atoms with Gasteiger partial charge >= 0.3 is 0 Å². The first-order valence-corrected chi connectivity index (χ1v) is 11.9. The van der Waals surface area contributed by atoms with E-state index in [1.165, 1.54) is 22.9 Å². The second-order valence-electron chi connectivity index (χ2n) is 8.39. The van der Waals surface area contributed by atoms with Gasteiger partial charge in [-0.3, -0.25) is 14.3 Å². The summed E-state index contributed by atoms with van der Waals surface area (Å²) < 4.78 is 15.8. The van der Waals surface area contributed by atoms with Crippen LogP contribution < -0.4 is 15.8 Å². The zero-order valence-electron chi connectivity index (χ0n) is 18.9. The van der Waals surface area contributed by atoms with Crippen molar-refractivity contribution in [2.45, 2.75) is 6.04 Å². The van der Waals surface area contributed by atoms with E-state index >= 15 is 0 Å². The molecule has 2 aromatic carbocycles. The Hall–Kier alpha value is -3.26. The van der Waals surface area contributed by atoms with Gasteiger partial charge in [0.1, 0.15) is 0 Å². The topological polar surface area (TPSA) is 63.1 Å². The highest BCUT2D eigenvalue weighted by molar-refractivity contribution is 6.36. The first-order valence-electron chi connectivity index (χ1n) is 11.1. The first kappa shape index (κ1) is 23.5. The maximum Gasteiger partial charge on any atom is 0.255 e. The molecule has 0 bridgehead atoms. The lowest BCUT2D eigenvalue weighted by Gasteiger charge is -2.35. The van der Waals surface area contributed by atoms with Crippen LogP contribution in [-0.2, 0) is 7.05 Å². The number of benzene rings is 2. The van der Waals surface area contributed by atoms with E-state index in [0.717, 1.165) is 22.9 Å². The first-order chi connectivity index (χ1) is 16.9. The van der Waals surface area contributed by atoms with Crippen molar-refractivity contribution in [2.75, 3.05) is 24.5 Å². The van der Waals surface area contributed by atoms with E-state index in [0.29, 0.717) is 41.3 Å². The Morgan fingerprint density at radius 1 is 1.06 bits per heavy atom. The third-order valence-corrected chi connectivity index (χ3v) is 6.72. The fraction of sp³-hybridized carbons (Fsp3) is 0.192. The van der Waals surface area contributed by atoms with Crippen LogP contribution in [0.3, 0.4) is 0 Å². The van der Waals surface area contributed by atoms with E-state index in [1.807, 2.05) is 24.3 Å². The van der Waals surface area contributed by atoms with E-state index < -0.39 is 5.82 Å². The van der Waals surface area contributed by atoms with Crippen molar-refractivity contribution >= 4 is 29.2 Å². The molecule has 0 spiro atoms. The smallest absolute Gasteiger partial charge is 0.255 e. The van der Waals surface area contributed by atoms with Crippen molar-refractivity contribution in [1.29, 1.82) is 0 Å². The molecular formula is C26H22Cl2FN5O. The molecule has 1 aliphatic rings. The fourth-order valence-corrected chi connectivity index (χ4v) is 4.82. The lowest BCUT2D eigenvalue weighted by atomic mass is 9.99. The summed E-state index contributed by atoms with van der Waals surface area (Å²) in [5.41, 5.74) is 3.31. The molecule has 4 aromatic rings. The van der Waals surface area contributed by atoms with Gasteiger partial charge in [-0.1, -0.05) is 53.5 Å². The minimum Gasteiger partial charge on any atom is -0.339 e. The Morgan fingerprint density at radius 2 is 1.86 bits per heavy atom. The molecule has 1 N–H and O–H groups in total. The number of hydrogen-bond donors (Lipinski definition) is 1. The number of pyridine rings is 1. The van der Waals surface area contributed by atoms with E-state index in [9.17, 15) is 9.18 Å². The van der Waals surface area contributed by atoms with E-state index in [1.54, 1.807) is 13.1 Å². The SMILES string of the molecule is Cn1c(N2CCN[C@@H](c3ccc(-c4ccc(Cl)cc4Cl)cc3)C2)nc(-c2ccncc2F)cc1=O. The molecule has 0 saturated carbocycles. The zero-order chi connectivity index (χ0) is 24.5. The van der Waals surface area contributed by atoms with Crippen LogP contribution in [0.15, 0.2) is 71.8 Å². The second-order valence-corrected chi connectivity index (χ2v) is 9.24. The summed E-state index contributed by atoms with van der Waals surface area (Å²) in [5, 5.41) is 4.73. The van der Waals surface area contributed by atoms with Crippen LogP contribution in [0.25, 0.3) is 22.4 Å². The summed E-state index contributed by atoms with van der Waals surface area (Å²) in [6.45, 7) is 1.97. The van der Waals surface area contributed by atoms with Crippen molar-refractivity contribution < 1.29 is 4.39 Å². The minimum atomic E-state index is -0.515. The lowest BCUT2D eigenvalue weighted by molar-refractivity contribution is 0.462. The Kier molecular flexibility index (Phi) is 6.56. The molecule has 3 heterocycles. The summed E-state index contributed by atoms with van der Waals surface area (Å²) >= 11 is 12.4. The number of anilines is 1. The zero-order valence-corrected chi connectivity index (χ0v) is 20.4. The number of nitrogens with zero attached hydrogens (tertiary/aromatic N) is 4. The molecule has 0 amide bonds. The summed E-state index contributed by atoms with van der Waals surface area (Å²) in [4.78, 5) is 23.2. The van der Waals surface area contributed by atoms with Gasteiger partial charge in [-0.15, -0.1) is 0 Å². The van der Waals surface area contributed by atoms with Gasteiger partial charge in [-0.2, -0.15) is 0 Å². The molecule has 1 aliphatic heterocycles. The molecule has 2 aromatic heterocycles. The molecule has 1 atom stereocenters. The van der Waals surface area contributed by atoms with E-state index in [-0.39, 0.29) is 17.2 Å². The molecule has 0 radical (unpaired) electrons. The largest absolute Gasteiger partial charge is 0.339 e. The summed E-state index contributed by atoms with van der Waals surface area (Å²) in [6.07, 6.45) is 2.61. The van der Waals surface area contributed by atoms with Crippen molar-refractivity contribution in [3.8, 4) is 22.4 Å². The Labute approximate surface area is 212 Å². The Balaban J connectivity index is 1.41. The van der Waals surface area contributed by atoms with Gasteiger partial charge < -0.3 is 10.2 Å². The van der Waals surface area contributed by atoms with Gasteiger partial charge in [0.05, 0.1) is 11.9 Å². The minimum absolute atomic E-state index is 0.0247. The van der Waals surface area contributed by atoms with Crippen molar-refractivity contribution in [1.82, 2.24) is 19.9 Å². The molecule has 178 valence electrons. The van der Waals surface area contributed by atoms with Crippen LogP contribution in [0.2, 0.25) is 10.0 Å². The van der Waals surface area contributed by atoms with Crippen LogP contribution in [0.5, 0.6) is 0 Å². The van der Waals surface area contributed by atoms with Crippen LogP contribution in [0.4, 0.5) is 10.3 Å². The molecular weight excluding hydrogens is 488 g/mol. The number of hydrogen-bond acceptors (Lipinski definition) is 5. The molecule has 1 saturated heterocycles. The predicted molar refractivity (Wildman–Crippen MR) is 138 cm³/mol. The number of piperazine rings is 1. The number of nitrogens with one attached hydrogen (secondary N) is 1. The van der Waals surface area contributed by atoms with Crippen molar-refractivity contribution in [3.05, 3.63) is 98.8 Å². The van der Waals surface area contributed by atoms with Gasteiger partial charge in [0.25, 0.3) is 5.56 Å². The highest BCUT2D eigenvalue weighted by Gasteiger charge is 2.24. The van der Waals surface area contributed by atoms with Gasteiger partial charge in [-0.05, 0) is 29.3 Å². The predicted octanol–water partition coefficient (Wildman–Crippen LogP) is 5.11. The molecule has 1 fully saturated rings. The summed E-state index contributed by atoms with van der Waals surface area (Å²) in [5.74, 6) is -0.0157. The van der Waals surface area contributed by atoms with Crippen molar-refractivity contribution in [2.24, 2.45) is 7.05 Å². The Bertz CT molecular complexity index is 1440. The molecule has 0 aliphatic carbocycles. The van der Waals surface area contributed by atoms with Crippen LogP contribution in [-0.4, -0.2) is 34.2 Å². The number of halogens is 3. The highest BCUT2D eigenvalue weighted by atomic mass is 35.5. The van der Waals surface area contributed by atoms with Crippen molar-refractivity contribution in [3.63, 3.8) is 0 Å². The number of aromatic nitrogens is 3. The highest BCUT2D eigenvalue weighted by Crippen LogP contribution is 2.31. The lowest BCUT2D eigenvalue weighted by Crippen LogP contribution is -2.47. The van der Waals surface area contributed by atoms with Gasteiger partial charge in [0, 0.05) is 66.2 Å². The average Bonchev–Trinajstić information content (AvgIpc) is 2.86. The fourth-order valence-electron chi connectivity index (χ4n) is 4.30. The molecule has 35 heavy (non-hydrogen) atoms. The van der Waals surface area contributed by atoms with Gasteiger partial charge in [0.2, 0.25) is 5.95 Å².